The van der Waals surface area contributed by atoms with E-state index in [1.165, 1.54) is 0 Å². The Morgan fingerprint density at radius 3 is 2.72 bits per heavy atom. The van der Waals surface area contributed by atoms with Crippen molar-refractivity contribution in [2.45, 2.75) is 45.2 Å². The third-order valence-corrected chi connectivity index (χ3v) is 7.36. The number of hydrogen-bond acceptors (Lipinski definition) is 9. The van der Waals surface area contributed by atoms with Gasteiger partial charge < -0.3 is 25.5 Å². The van der Waals surface area contributed by atoms with Gasteiger partial charge in [-0.1, -0.05) is 18.1 Å². The monoisotopic (exact) mass is 530 g/mol. The maximum atomic E-state index is 14.9. The van der Waals surface area contributed by atoms with Crippen LogP contribution in [0.4, 0.5) is 21.7 Å². The summed E-state index contributed by atoms with van der Waals surface area (Å²) < 4.78 is 14.9. The SMILES string of the molecule is C[C@H]1CCC(=O)N1CC#Cc1ncc(F)c(N2CCN(c3cc(-c4ccccc4O)nnc3N)CC[C@@H]2C)n1. The molecular weight excluding hydrogens is 499 g/mol. The standard InChI is InChI=1S/C28H31FN8O2/c1-18-9-10-26(39)36(18)12-5-8-25-31-17-21(29)28(32-25)37-15-14-35(13-11-19(37)2)23-16-22(33-34-27(23)30)20-6-3-4-7-24(20)38/h3-4,6-7,16-19,38H,9-15H2,1-2H3,(H2,30,34)/t18-,19-/m0/s1. The number of benzene rings is 1. The van der Waals surface area contributed by atoms with Crippen molar-refractivity contribution >= 4 is 23.2 Å². The van der Waals surface area contributed by atoms with E-state index in [4.69, 9.17) is 5.73 Å². The molecule has 0 radical (unpaired) electrons. The minimum atomic E-state index is -0.517. The molecule has 39 heavy (non-hydrogen) atoms. The molecule has 0 unspecified atom stereocenters. The number of carbonyl (C=O) groups excluding carboxylic acids is 1. The zero-order valence-electron chi connectivity index (χ0n) is 22.0. The Morgan fingerprint density at radius 1 is 1.13 bits per heavy atom. The molecule has 0 spiro atoms. The number of aromatic nitrogens is 4. The van der Waals surface area contributed by atoms with Gasteiger partial charge in [0.2, 0.25) is 11.7 Å². The van der Waals surface area contributed by atoms with Gasteiger partial charge in [-0.15, -0.1) is 10.2 Å². The number of carbonyl (C=O) groups is 1. The lowest BCUT2D eigenvalue weighted by Crippen LogP contribution is -2.36. The summed E-state index contributed by atoms with van der Waals surface area (Å²) in [7, 11) is 0. The number of nitrogen functional groups attached to an aromatic ring is 1. The number of likely N-dealkylation sites (tertiary alicyclic amines) is 1. The molecule has 1 amide bonds. The molecule has 10 nitrogen and oxygen atoms in total. The summed E-state index contributed by atoms with van der Waals surface area (Å²) in [5, 5.41) is 18.6. The van der Waals surface area contributed by atoms with Crippen molar-refractivity contribution in [1.82, 2.24) is 25.1 Å². The summed E-state index contributed by atoms with van der Waals surface area (Å²) in [6.07, 6.45) is 3.24. The number of nitrogens with zero attached hydrogens (tertiary/aromatic N) is 7. The molecule has 2 aliphatic heterocycles. The van der Waals surface area contributed by atoms with Gasteiger partial charge in [-0.3, -0.25) is 4.79 Å². The normalized spacial score (nSPS) is 19.6. The van der Waals surface area contributed by atoms with E-state index in [0.29, 0.717) is 56.0 Å². The number of amides is 1. The van der Waals surface area contributed by atoms with Crippen LogP contribution in [0.25, 0.3) is 11.3 Å². The van der Waals surface area contributed by atoms with Gasteiger partial charge in [-0.05, 0) is 50.8 Å². The molecule has 2 aliphatic rings. The maximum Gasteiger partial charge on any atom is 0.223 e. The van der Waals surface area contributed by atoms with Gasteiger partial charge in [0, 0.05) is 43.7 Å². The highest BCUT2D eigenvalue weighted by molar-refractivity contribution is 5.79. The number of phenolic OH excluding ortho intramolecular Hbond substituents is 1. The molecule has 11 heteroatoms. The molecule has 4 heterocycles. The Kier molecular flexibility index (Phi) is 7.45. The summed E-state index contributed by atoms with van der Waals surface area (Å²) in [6, 6.07) is 8.90. The quantitative estimate of drug-likeness (QED) is 0.490. The first-order valence-corrected chi connectivity index (χ1v) is 13.1. The largest absolute Gasteiger partial charge is 0.507 e. The van der Waals surface area contributed by atoms with Crippen molar-refractivity contribution in [2.75, 3.05) is 41.7 Å². The molecule has 202 valence electrons. The van der Waals surface area contributed by atoms with Gasteiger partial charge in [-0.25, -0.2) is 14.4 Å². The van der Waals surface area contributed by atoms with Gasteiger partial charge in [0.25, 0.3) is 0 Å². The molecule has 0 bridgehead atoms. The summed E-state index contributed by atoms with van der Waals surface area (Å²) in [6.45, 7) is 6.02. The van der Waals surface area contributed by atoms with Crippen molar-refractivity contribution < 1.29 is 14.3 Å². The van der Waals surface area contributed by atoms with Crippen molar-refractivity contribution in [3.8, 4) is 28.8 Å². The predicted octanol–water partition coefficient (Wildman–Crippen LogP) is 2.83. The van der Waals surface area contributed by atoms with Gasteiger partial charge in [0.1, 0.15) is 5.75 Å². The Hall–Kier alpha value is -4.46. The molecule has 2 atom stereocenters. The van der Waals surface area contributed by atoms with Crippen LogP contribution in [0.2, 0.25) is 0 Å². The van der Waals surface area contributed by atoms with Crippen LogP contribution in [0.1, 0.15) is 38.9 Å². The number of phenols is 1. The Bertz CT molecular complexity index is 1440. The lowest BCUT2D eigenvalue weighted by Gasteiger charge is -2.28. The predicted molar refractivity (Wildman–Crippen MR) is 146 cm³/mol. The fourth-order valence-corrected chi connectivity index (χ4v) is 5.03. The molecule has 2 aromatic heterocycles. The Labute approximate surface area is 226 Å². The van der Waals surface area contributed by atoms with Crippen molar-refractivity contribution in [1.29, 1.82) is 0 Å². The van der Waals surface area contributed by atoms with Crippen LogP contribution in [0.3, 0.4) is 0 Å². The lowest BCUT2D eigenvalue weighted by atomic mass is 10.1. The van der Waals surface area contributed by atoms with Crippen LogP contribution >= 0.6 is 0 Å². The molecule has 1 aromatic carbocycles. The van der Waals surface area contributed by atoms with Gasteiger partial charge in [-0.2, -0.15) is 0 Å². The minimum absolute atomic E-state index is 0.0167. The molecule has 2 fully saturated rings. The fraction of sp³-hybridized carbons (Fsp3) is 0.393. The van der Waals surface area contributed by atoms with Gasteiger partial charge in [0.15, 0.2) is 17.5 Å². The van der Waals surface area contributed by atoms with Crippen molar-refractivity contribution in [3.63, 3.8) is 0 Å². The Balaban J connectivity index is 1.34. The third kappa shape index (κ3) is 5.55. The molecule has 5 rings (SSSR count). The molecule has 0 aliphatic carbocycles. The second kappa shape index (κ2) is 11.1. The second-order valence-corrected chi connectivity index (χ2v) is 9.91. The van der Waals surface area contributed by atoms with Crippen molar-refractivity contribution in [2.24, 2.45) is 0 Å². The highest BCUT2D eigenvalue weighted by Crippen LogP contribution is 2.32. The molecule has 3 aromatic rings. The number of aromatic hydroxyl groups is 1. The maximum absolute atomic E-state index is 14.9. The van der Waals surface area contributed by atoms with Crippen LogP contribution in [0.5, 0.6) is 5.75 Å². The van der Waals surface area contributed by atoms with Crippen LogP contribution < -0.4 is 15.5 Å². The molecule has 0 saturated carbocycles. The van der Waals surface area contributed by atoms with E-state index in [1.54, 1.807) is 23.1 Å². The second-order valence-electron chi connectivity index (χ2n) is 9.91. The minimum Gasteiger partial charge on any atom is -0.507 e. The van der Waals surface area contributed by atoms with Crippen LogP contribution in [0.15, 0.2) is 36.5 Å². The van der Waals surface area contributed by atoms with E-state index < -0.39 is 5.82 Å². The zero-order chi connectivity index (χ0) is 27.5. The van der Waals surface area contributed by atoms with Crippen molar-refractivity contribution in [3.05, 3.63) is 48.2 Å². The first kappa shape index (κ1) is 26.2. The average molecular weight is 531 g/mol. The number of hydrogen-bond donors (Lipinski definition) is 2. The zero-order valence-corrected chi connectivity index (χ0v) is 22.0. The van der Waals surface area contributed by atoms with Crippen LogP contribution in [-0.4, -0.2) is 74.3 Å². The van der Waals surface area contributed by atoms with E-state index >= 15 is 0 Å². The van der Waals surface area contributed by atoms with Crippen LogP contribution in [-0.2, 0) is 4.79 Å². The van der Waals surface area contributed by atoms with Gasteiger partial charge in [0.05, 0.1) is 24.1 Å². The highest BCUT2D eigenvalue weighted by atomic mass is 19.1. The number of anilines is 3. The Morgan fingerprint density at radius 2 is 1.95 bits per heavy atom. The van der Waals surface area contributed by atoms with E-state index in [-0.39, 0.29) is 41.2 Å². The number of rotatable bonds is 4. The van der Waals surface area contributed by atoms with E-state index in [1.807, 2.05) is 30.9 Å². The number of para-hydroxylation sites is 1. The van der Waals surface area contributed by atoms with Gasteiger partial charge >= 0.3 is 0 Å². The fourth-order valence-electron chi connectivity index (χ4n) is 5.03. The molecular formula is C28H31FN8O2. The van der Waals surface area contributed by atoms with E-state index in [2.05, 4.69) is 36.9 Å². The topological polar surface area (TPSA) is 125 Å². The highest BCUT2D eigenvalue weighted by Gasteiger charge is 2.27. The molecule has 2 saturated heterocycles. The first-order valence-electron chi connectivity index (χ1n) is 13.1. The smallest absolute Gasteiger partial charge is 0.223 e. The lowest BCUT2D eigenvalue weighted by molar-refractivity contribution is -0.128. The average Bonchev–Trinajstić information content (AvgIpc) is 3.12. The first-order chi connectivity index (χ1) is 18.8. The van der Waals surface area contributed by atoms with E-state index in [0.717, 1.165) is 12.6 Å². The summed E-state index contributed by atoms with van der Waals surface area (Å²) in [4.78, 5) is 26.2. The number of nitrogens with two attached hydrogens (primary N) is 1. The molecule has 3 N–H and O–H groups in total. The summed E-state index contributed by atoms with van der Waals surface area (Å²) >= 11 is 0. The summed E-state index contributed by atoms with van der Waals surface area (Å²) in [5.74, 6) is 6.25. The number of halogens is 1. The third-order valence-electron chi connectivity index (χ3n) is 7.36. The summed E-state index contributed by atoms with van der Waals surface area (Å²) in [5.41, 5.74) is 8.00. The van der Waals surface area contributed by atoms with E-state index in [9.17, 15) is 14.3 Å². The van der Waals surface area contributed by atoms with Crippen LogP contribution in [0, 0.1) is 17.7 Å².